The van der Waals surface area contributed by atoms with Gasteiger partial charge in [-0.25, -0.2) is 9.78 Å². The van der Waals surface area contributed by atoms with Crippen molar-refractivity contribution in [1.29, 1.82) is 5.26 Å². The van der Waals surface area contributed by atoms with Gasteiger partial charge in [0.15, 0.2) is 0 Å². The summed E-state index contributed by atoms with van der Waals surface area (Å²) < 4.78 is 5.19. The number of nitrogens with one attached hydrogen (secondary N) is 1. The average Bonchev–Trinajstić information content (AvgIpc) is 2.48. The summed E-state index contributed by atoms with van der Waals surface area (Å²) in [6.07, 6.45) is 1.39. The van der Waals surface area contributed by atoms with E-state index in [1.54, 1.807) is 24.3 Å². The third kappa shape index (κ3) is 2.67. The molecule has 1 aromatic carbocycles. The van der Waals surface area contributed by atoms with E-state index in [9.17, 15) is 4.79 Å². The summed E-state index contributed by atoms with van der Waals surface area (Å²) in [6, 6.07) is 10.1. The molecular weight excluding hydrogens is 258 g/mol. The molecule has 6 heteroatoms. The number of nitrogens with zero attached hydrogens (tertiary/aromatic N) is 2. The number of pyridine rings is 1. The van der Waals surface area contributed by atoms with Gasteiger partial charge in [0, 0.05) is 0 Å². The molecule has 0 amide bonds. The number of rotatable bonds is 4. The second-order valence-electron chi connectivity index (χ2n) is 3.86. The Morgan fingerprint density at radius 1 is 1.40 bits per heavy atom. The van der Waals surface area contributed by atoms with E-state index in [2.05, 4.69) is 16.4 Å². The van der Waals surface area contributed by atoms with E-state index < -0.39 is 5.97 Å². The molecule has 100 valence electrons. The fourth-order valence-corrected chi connectivity index (χ4v) is 1.66. The van der Waals surface area contributed by atoms with Gasteiger partial charge in [-0.05, 0) is 24.3 Å². The third-order valence-corrected chi connectivity index (χ3v) is 2.62. The van der Waals surface area contributed by atoms with E-state index in [1.807, 2.05) is 0 Å². The molecule has 1 aromatic heterocycles. The topological polar surface area (TPSA) is 95.2 Å². The number of para-hydroxylation sites is 1. The molecule has 0 saturated carbocycles. The van der Waals surface area contributed by atoms with Crippen LogP contribution in [0.25, 0.3) is 0 Å². The number of ether oxygens (including phenoxy) is 1. The van der Waals surface area contributed by atoms with E-state index >= 15 is 0 Å². The van der Waals surface area contributed by atoms with Crippen molar-refractivity contribution in [2.24, 2.45) is 0 Å². The van der Waals surface area contributed by atoms with Gasteiger partial charge in [-0.2, -0.15) is 5.26 Å². The maximum Gasteiger partial charge on any atom is 0.354 e. The molecule has 0 aliphatic carbocycles. The predicted molar refractivity (Wildman–Crippen MR) is 72.2 cm³/mol. The minimum Gasteiger partial charge on any atom is -0.495 e. The SMILES string of the molecule is COc1cccc(C#N)c1Nc1ccc(C(=O)O)nc1. The lowest BCUT2D eigenvalue weighted by atomic mass is 10.1. The van der Waals surface area contributed by atoms with E-state index in [-0.39, 0.29) is 5.69 Å². The summed E-state index contributed by atoms with van der Waals surface area (Å²) in [5.74, 6) is -0.571. The Morgan fingerprint density at radius 2 is 2.20 bits per heavy atom. The van der Waals surface area contributed by atoms with Crippen molar-refractivity contribution in [2.45, 2.75) is 0 Å². The Kier molecular flexibility index (Phi) is 3.82. The number of carboxylic acid groups (broad SMARTS) is 1. The standard InChI is InChI=1S/C14H11N3O3/c1-20-12-4-2-3-9(7-15)13(12)17-10-5-6-11(14(18)19)16-8-10/h2-6,8,17H,1H3,(H,18,19). The summed E-state index contributed by atoms with van der Waals surface area (Å²) in [5, 5.41) is 20.9. The summed E-state index contributed by atoms with van der Waals surface area (Å²) in [7, 11) is 1.51. The molecule has 2 rings (SSSR count). The zero-order chi connectivity index (χ0) is 14.5. The van der Waals surface area contributed by atoms with Crippen LogP contribution >= 0.6 is 0 Å². The summed E-state index contributed by atoms with van der Waals surface area (Å²) >= 11 is 0. The molecule has 0 unspecified atom stereocenters. The third-order valence-electron chi connectivity index (χ3n) is 2.62. The Balaban J connectivity index is 2.34. The van der Waals surface area contributed by atoms with Gasteiger partial charge in [-0.3, -0.25) is 0 Å². The van der Waals surface area contributed by atoms with Crippen LogP contribution in [-0.2, 0) is 0 Å². The molecule has 0 fully saturated rings. The normalized spacial score (nSPS) is 9.60. The molecule has 0 bridgehead atoms. The number of aromatic carboxylic acids is 1. The highest BCUT2D eigenvalue weighted by atomic mass is 16.5. The van der Waals surface area contributed by atoms with Gasteiger partial charge < -0.3 is 15.2 Å². The number of carboxylic acids is 1. The molecule has 1 heterocycles. The lowest BCUT2D eigenvalue weighted by Crippen LogP contribution is -2.02. The number of carbonyl (C=O) groups is 1. The molecular formula is C14H11N3O3. The van der Waals surface area contributed by atoms with Crippen LogP contribution in [0.4, 0.5) is 11.4 Å². The molecule has 0 aliphatic heterocycles. The lowest BCUT2D eigenvalue weighted by molar-refractivity contribution is 0.0690. The van der Waals surface area contributed by atoms with Gasteiger partial charge >= 0.3 is 5.97 Å². The van der Waals surface area contributed by atoms with E-state index in [0.29, 0.717) is 22.7 Å². The van der Waals surface area contributed by atoms with Crippen LogP contribution in [-0.4, -0.2) is 23.2 Å². The van der Waals surface area contributed by atoms with Crippen LogP contribution in [0.5, 0.6) is 5.75 Å². The van der Waals surface area contributed by atoms with Crippen LogP contribution in [0.15, 0.2) is 36.5 Å². The minimum atomic E-state index is -1.09. The molecule has 0 radical (unpaired) electrons. The van der Waals surface area contributed by atoms with Crippen LogP contribution in [0.2, 0.25) is 0 Å². The van der Waals surface area contributed by atoms with E-state index in [1.165, 1.54) is 19.4 Å². The molecule has 0 spiro atoms. The van der Waals surface area contributed by atoms with E-state index in [0.717, 1.165) is 0 Å². The van der Waals surface area contributed by atoms with Gasteiger partial charge in [0.05, 0.1) is 30.2 Å². The van der Waals surface area contributed by atoms with Crippen LogP contribution in [0, 0.1) is 11.3 Å². The Labute approximate surface area is 115 Å². The molecule has 6 nitrogen and oxygen atoms in total. The maximum atomic E-state index is 10.7. The number of benzene rings is 1. The first-order valence-electron chi connectivity index (χ1n) is 5.69. The monoisotopic (exact) mass is 269 g/mol. The zero-order valence-electron chi connectivity index (χ0n) is 10.6. The van der Waals surface area contributed by atoms with Crippen molar-refractivity contribution in [3.05, 3.63) is 47.8 Å². The second kappa shape index (κ2) is 5.71. The zero-order valence-corrected chi connectivity index (χ0v) is 10.6. The maximum absolute atomic E-state index is 10.7. The van der Waals surface area contributed by atoms with Crippen LogP contribution in [0.1, 0.15) is 16.1 Å². The number of methoxy groups -OCH3 is 1. The van der Waals surface area contributed by atoms with Crippen molar-refractivity contribution in [1.82, 2.24) is 4.98 Å². The number of aromatic nitrogens is 1. The number of nitriles is 1. The highest BCUT2D eigenvalue weighted by molar-refractivity contribution is 5.85. The summed E-state index contributed by atoms with van der Waals surface area (Å²) in [6.45, 7) is 0. The molecule has 0 aliphatic rings. The van der Waals surface area contributed by atoms with Gasteiger partial charge in [-0.15, -0.1) is 0 Å². The van der Waals surface area contributed by atoms with Crippen LogP contribution in [0.3, 0.4) is 0 Å². The van der Waals surface area contributed by atoms with Crippen molar-refractivity contribution in [2.75, 3.05) is 12.4 Å². The van der Waals surface area contributed by atoms with Gasteiger partial charge in [0.1, 0.15) is 17.5 Å². The number of hydrogen-bond acceptors (Lipinski definition) is 5. The van der Waals surface area contributed by atoms with Gasteiger partial charge in [-0.1, -0.05) is 6.07 Å². The van der Waals surface area contributed by atoms with Crippen molar-refractivity contribution >= 4 is 17.3 Å². The van der Waals surface area contributed by atoms with Crippen molar-refractivity contribution < 1.29 is 14.6 Å². The minimum absolute atomic E-state index is 0.0453. The molecule has 2 N–H and O–H groups in total. The Morgan fingerprint density at radius 3 is 2.75 bits per heavy atom. The Hall–Kier alpha value is -3.07. The number of hydrogen-bond donors (Lipinski definition) is 2. The fraction of sp³-hybridized carbons (Fsp3) is 0.0714. The Bertz CT molecular complexity index is 675. The molecule has 20 heavy (non-hydrogen) atoms. The fourth-order valence-electron chi connectivity index (χ4n) is 1.66. The highest BCUT2D eigenvalue weighted by Crippen LogP contribution is 2.30. The smallest absolute Gasteiger partial charge is 0.354 e. The molecule has 2 aromatic rings. The molecule has 0 saturated heterocycles. The average molecular weight is 269 g/mol. The van der Waals surface area contributed by atoms with E-state index in [4.69, 9.17) is 15.1 Å². The van der Waals surface area contributed by atoms with Gasteiger partial charge in [0.2, 0.25) is 0 Å². The van der Waals surface area contributed by atoms with Crippen molar-refractivity contribution in [3.8, 4) is 11.8 Å². The van der Waals surface area contributed by atoms with Crippen molar-refractivity contribution in [3.63, 3.8) is 0 Å². The highest BCUT2D eigenvalue weighted by Gasteiger charge is 2.10. The second-order valence-corrected chi connectivity index (χ2v) is 3.86. The number of anilines is 2. The quantitative estimate of drug-likeness (QED) is 0.884. The van der Waals surface area contributed by atoms with Crippen LogP contribution < -0.4 is 10.1 Å². The summed E-state index contributed by atoms with van der Waals surface area (Å²) in [4.78, 5) is 14.5. The predicted octanol–water partition coefficient (Wildman–Crippen LogP) is 2.40. The lowest BCUT2D eigenvalue weighted by Gasteiger charge is -2.12. The molecule has 0 atom stereocenters. The summed E-state index contributed by atoms with van der Waals surface area (Å²) in [5.41, 5.74) is 1.46. The first-order valence-corrected chi connectivity index (χ1v) is 5.69. The largest absolute Gasteiger partial charge is 0.495 e. The van der Waals surface area contributed by atoms with Gasteiger partial charge in [0.25, 0.3) is 0 Å². The first-order chi connectivity index (χ1) is 9.65. The first kappa shape index (κ1) is 13.4.